The maximum Gasteiger partial charge on any atom is 0.183 e. The van der Waals surface area contributed by atoms with Gasteiger partial charge in [-0.3, -0.25) is 0 Å². The lowest BCUT2D eigenvalue weighted by molar-refractivity contribution is -0.306. The van der Waals surface area contributed by atoms with Crippen molar-refractivity contribution in [1.82, 2.24) is 0 Å². The second-order valence-electron chi connectivity index (χ2n) is 5.48. The third-order valence-electron chi connectivity index (χ3n) is 3.38. The van der Waals surface area contributed by atoms with E-state index in [1.165, 1.54) is 0 Å². The van der Waals surface area contributed by atoms with Gasteiger partial charge in [0, 0.05) is 0 Å². The van der Waals surface area contributed by atoms with Crippen LogP contribution in [-0.2, 0) is 18.9 Å². The Hall–Kier alpha value is 1.16. The van der Waals surface area contributed by atoms with E-state index in [4.69, 9.17) is 18.9 Å². The molecule has 2 N–H and O–H groups in total. The van der Waals surface area contributed by atoms with Crippen LogP contribution >= 0.6 is 50.5 Å². The van der Waals surface area contributed by atoms with Crippen LogP contribution in [-0.4, -0.2) is 70.6 Å². The molecule has 1 spiro atoms. The Kier molecular flexibility index (Phi) is 6.13. The van der Waals surface area contributed by atoms with Crippen LogP contribution in [0, 0.1) is 5.41 Å². The van der Waals surface area contributed by atoms with Gasteiger partial charge in [-0.05, 0) is 0 Å². The van der Waals surface area contributed by atoms with Gasteiger partial charge in [0.2, 0.25) is 0 Å². The van der Waals surface area contributed by atoms with Crippen molar-refractivity contribution in [3.8, 4) is 0 Å². The zero-order chi connectivity index (χ0) is 15.7. The van der Waals surface area contributed by atoms with Gasteiger partial charge in [-0.1, -0.05) is 0 Å². The lowest BCUT2D eigenvalue weighted by Crippen LogP contribution is -2.57. The van der Waals surface area contributed by atoms with Crippen molar-refractivity contribution in [2.75, 3.05) is 39.6 Å². The molecule has 0 saturated carbocycles. The van der Waals surface area contributed by atoms with Gasteiger partial charge in [-0.2, -0.15) is 50.5 Å². The first-order valence-electron chi connectivity index (χ1n) is 6.32. The van der Waals surface area contributed by atoms with Gasteiger partial charge >= 0.3 is 0 Å². The molecule has 2 heterocycles. The summed E-state index contributed by atoms with van der Waals surface area (Å²) in [5.41, 5.74) is -0.437. The maximum atomic E-state index is 9.20. The van der Waals surface area contributed by atoms with Crippen molar-refractivity contribution in [3.05, 3.63) is 0 Å². The van der Waals surface area contributed by atoms with Gasteiger partial charge in [0.1, 0.15) is 8.16 Å². The van der Waals surface area contributed by atoms with Crippen LogP contribution in [0.15, 0.2) is 0 Å². The second-order valence-corrected chi connectivity index (χ2v) is 9.38. The molecule has 2 aliphatic rings. The van der Waals surface area contributed by atoms with Crippen LogP contribution in [0.4, 0.5) is 0 Å². The van der Waals surface area contributed by atoms with Crippen molar-refractivity contribution in [2.24, 2.45) is 5.41 Å². The molecule has 10 heteroatoms. The molecule has 0 bridgehead atoms. The molecule has 0 aromatic rings. The van der Waals surface area contributed by atoms with Gasteiger partial charge in [-0.15, -0.1) is 0 Å². The topological polar surface area (TPSA) is 77.4 Å². The summed E-state index contributed by atoms with van der Waals surface area (Å²) in [6.45, 7) is 0.753. The number of hydrogen-bond acceptors (Lipinski definition) is 10. The van der Waals surface area contributed by atoms with Crippen LogP contribution < -0.4 is 0 Å². The SMILES string of the molecule is OCC(S)(S)C1OCC2(CO1)COC(C(S)(S)CO)OC2. The van der Waals surface area contributed by atoms with Crippen LogP contribution in [0.1, 0.15) is 0 Å². The molecular formula is C11H20O6S4. The zero-order valence-electron chi connectivity index (χ0n) is 11.2. The third kappa shape index (κ3) is 4.17. The highest BCUT2D eigenvalue weighted by molar-refractivity contribution is 8.01. The van der Waals surface area contributed by atoms with E-state index in [0.717, 1.165) is 0 Å². The number of aliphatic hydroxyl groups is 2. The smallest absolute Gasteiger partial charge is 0.183 e. The molecule has 2 rings (SSSR count). The van der Waals surface area contributed by atoms with Crippen molar-refractivity contribution in [1.29, 1.82) is 0 Å². The normalized spacial score (nSPS) is 35.1. The van der Waals surface area contributed by atoms with E-state index in [9.17, 15) is 10.2 Å². The minimum atomic E-state index is -1.07. The molecule has 124 valence electrons. The van der Waals surface area contributed by atoms with E-state index in [0.29, 0.717) is 26.4 Å². The fraction of sp³-hybridized carbons (Fsp3) is 1.00. The summed E-state index contributed by atoms with van der Waals surface area (Å²) < 4.78 is 20.2. The molecule has 0 radical (unpaired) electrons. The van der Waals surface area contributed by atoms with E-state index < -0.39 is 26.2 Å². The maximum absolute atomic E-state index is 9.20. The summed E-state index contributed by atoms with van der Waals surface area (Å²) in [5, 5.41) is 18.4. The van der Waals surface area contributed by atoms with E-state index in [1.807, 2.05) is 0 Å². The highest BCUT2D eigenvalue weighted by Gasteiger charge is 2.48. The molecule has 2 saturated heterocycles. The average molecular weight is 377 g/mol. The van der Waals surface area contributed by atoms with Gasteiger partial charge < -0.3 is 29.2 Å². The fourth-order valence-electron chi connectivity index (χ4n) is 2.04. The molecule has 0 unspecified atom stereocenters. The highest BCUT2D eigenvalue weighted by atomic mass is 32.2. The van der Waals surface area contributed by atoms with E-state index >= 15 is 0 Å². The Balaban J connectivity index is 1.89. The first-order valence-corrected chi connectivity index (χ1v) is 8.11. The summed E-state index contributed by atoms with van der Waals surface area (Å²) in [4.78, 5) is 0. The first-order chi connectivity index (χ1) is 9.75. The molecular weight excluding hydrogens is 356 g/mol. The van der Waals surface area contributed by atoms with Crippen molar-refractivity contribution in [2.45, 2.75) is 20.7 Å². The van der Waals surface area contributed by atoms with Crippen LogP contribution in [0.3, 0.4) is 0 Å². The largest absolute Gasteiger partial charge is 0.394 e. The first kappa shape index (κ1) is 18.5. The quantitative estimate of drug-likeness (QED) is 0.302. The molecule has 0 atom stereocenters. The molecule has 0 aromatic heterocycles. The summed E-state index contributed by atoms with van der Waals surface area (Å²) >= 11 is 16.8. The summed E-state index contributed by atoms with van der Waals surface area (Å²) in [6, 6.07) is 0. The number of thiol groups is 4. The lowest BCUT2D eigenvalue weighted by Gasteiger charge is -2.47. The number of rotatable bonds is 4. The average Bonchev–Trinajstić information content (AvgIpc) is 2.48. The fourth-order valence-corrected chi connectivity index (χ4v) is 2.64. The second kappa shape index (κ2) is 6.96. The third-order valence-corrected chi connectivity index (χ3v) is 4.79. The van der Waals surface area contributed by atoms with Crippen molar-refractivity contribution >= 4 is 50.5 Å². The number of hydrogen-bond donors (Lipinski definition) is 6. The molecule has 6 nitrogen and oxygen atoms in total. The van der Waals surface area contributed by atoms with Gasteiger partial charge in [0.15, 0.2) is 12.6 Å². The molecule has 2 aliphatic heterocycles. The summed E-state index contributed by atoms with van der Waals surface area (Å²) in [6.07, 6.45) is -1.44. The van der Waals surface area contributed by atoms with E-state index in [1.54, 1.807) is 0 Å². The summed E-state index contributed by atoms with van der Waals surface area (Å²) in [5.74, 6) is 0. The Morgan fingerprint density at radius 2 is 1.05 bits per heavy atom. The Morgan fingerprint density at radius 1 is 0.762 bits per heavy atom. The number of ether oxygens (including phenoxy) is 4. The van der Waals surface area contributed by atoms with Crippen molar-refractivity contribution < 1.29 is 29.2 Å². The number of aliphatic hydroxyl groups excluding tert-OH is 2. The molecule has 21 heavy (non-hydrogen) atoms. The molecule has 0 aromatic carbocycles. The Bertz CT molecular complexity index is 313. The van der Waals surface area contributed by atoms with E-state index in [2.05, 4.69) is 50.5 Å². The van der Waals surface area contributed by atoms with Crippen LogP contribution in [0.2, 0.25) is 0 Å². The standard InChI is InChI=1S/C11H20O6S4/c12-1-10(18,19)7-14-3-9(4-15-7)5-16-8(17-6-9)11(20,21)2-13/h7-8,12-13,18-21H,1-6H2. The molecule has 0 amide bonds. The minimum absolute atomic E-state index is 0.287. The van der Waals surface area contributed by atoms with Crippen LogP contribution in [0.5, 0.6) is 0 Å². The molecule has 0 aliphatic carbocycles. The van der Waals surface area contributed by atoms with Gasteiger partial charge in [-0.25, -0.2) is 0 Å². The van der Waals surface area contributed by atoms with Gasteiger partial charge in [0.05, 0.1) is 45.1 Å². The zero-order valence-corrected chi connectivity index (χ0v) is 14.8. The predicted molar refractivity (Wildman–Crippen MR) is 89.4 cm³/mol. The van der Waals surface area contributed by atoms with Crippen molar-refractivity contribution in [3.63, 3.8) is 0 Å². The highest BCUT2D eigenvalue weighted by Crippen LogP contribution is 2.38. The van der Waals surface area contributed by atoms with Gasteiger partial charge in [0.25, 0.3) is 0 Å². The summed E-state index contributed by atoms with van der Waals surface area (Å²) in [7, 11) is 0. The lowest BCUT2D eigenvalue weighted by atomic mass is 9.90. The van der Waals surface area contributed by atoms with E-state index in [-0.39, 0.29) is 13.2 Å². The minimum Gasteiger partial charge on any atom is -0.394 e. The predicted octanol–water partition coefficient (Wildman–Crippen LogP) is -0.185. The monoisotopic (exact) mass is 376 g/mol. The Labute approximate surface area is 145 Å². The van der Waals surface area contributed by atoms with Crippen LogP contribution in [0.25, 0.3) is 0 Å². The Morgan fingerprint density at radius 3 is 1.29 bits per heavy atom. The molecule has 2 fully saturated rings.